The SMILES string of the molecule is O=C(NCCOCCBr)c1ccc(Br)cc1C(F)(F)F. The third kappa shape index (κ3) is 5.41. The summed E-state index contributed by atoms with van der Waals surface area (Å²) in [5.41, 5.74) is -1.37. The van der Waals surface area contributed by atoms with Gasteiger partial charge in [0.2, 0.25) is 0 Å². The van der Waals surface area contributed by atoms with Crippen LogP contribution in [0.15, 0.2) is 22.7 Å². The zero-order valence-corrected chi connectivity index (χ0v) is 13.4. The molecule has 0 aliphatic carbocycles. The second-order valence-electron chi connectivity index (χ2n) is 3.74. The minimum absolute atomic E-state index is 0.152. The van der Waals surface area contributed by atoms with Crippen LogP contribution < -0.4 is 5.32 Å². The molecule has 0 spiro atoms. The topological polar surface area (TPSA) is 38.3 Å². The van der Waals surface area contributed by atoms with E-state index in [4.69, 9.17) is 4.74 Å². The van der Waals surface area contributed by atoms with E-state index in [1.165, 1.54) is 6.07 Å². The Morgan fingerprint density at radius 3 is 2.60 bits per heavy atom. The summed E-state index contributed by atoms with van der Waals surface area (Å²) >= 11 is 6.13. The smallest absolute Gasteiger partial charge is 0.379 e. The van der Waals surface area contributed by atoms with E-state index < -0.39 is 23.2 Å². The maximum Gasteiger partial charge on any atom is 0.417 e. The molecular formula is C12H12Br2F3NO2. The molecule has 0 heterocycles. The molecule has 0 bridgehead atoms. The minimum Gasteiger partial charge on any atom is -0.379 e. The minimum atomic E-state index is -4.58. The lowest BCUT2D eigenvalue weighted by atomic mass is 10.1. The van der Waals surface area contributed by atoms with Crippen LogP contribution in [0.4, 0.5) is 13.2 Å². The number of nitrogens with one attached hydrogen (secondary N) is 1. The Morgan fingerprint density at radius 2 is 2.00 bits per heavy atom. The van der Waals surface area contributed by atoms with E-state index in [2.05, 4.69) is 37.2 Å². The maximum atomic E-state index is 12.8. The van der Waals surface area contributed by atoms with Crippen LogP contribution in [-0.2, 0) is 10.9 Å². The lowest BCUT2D eigenvalue weighted by Gasteiger charge is -2.13. The Morgan fingerprint density at radius 1 is 1.30 bits per heavy atom. The molecular weight excluding hydrogens is 407 g/mol. The monoisotopic (exact) mass is 417 g/mol. The summed E-state index contributed by atoms with van der Waals surface area (Å²) in [7, 11) is 0. The molecule has 0 atom stereocenters. The van der Waals surface area contributed by atoms with Gasteiger partial charge in [0.15, 0.2) is 0 Å². The first-order chi connectivity index (χ1) is 9.36. The molecule has 1 rings (SSSR count). The van der Waals surface area contributed by atoms with Gasteiger partial charge < -0.3 is 10.1 Å². The first-order valence-corrected chi connectivity index (χ1v) is 7.56. The van der Waals surface area contributed by atoms with Crippen molar-refractivity contribution in [1.29, 1.82) is 0 Å². The molecule has 1 aromatic rings. The molecule has 0 aliphatic heterocycles. The number of amides is 1. The number of alkyl halides is 4. The third-order valence-electron chi connectivity index (χ3n) is 2.29. The Kier molecular flexibility index (Phi) is 6.97. The second-order valence-corrected chi connectivity index (χ2v) is 5.45. The molecule has 0 radical (unpaired) electrons. The number of carbonyl (C=O) groups excluding carboxylic acids is 1. The van der Waals surface area contributed by atoms with Gasteiger partial charge in [0.05, 0.1) is 24.3 Å². The fourth-order valence-electron chi connectivity index (χ4n) is 1.44. The van der Waals surface area contributed by atoms with Crippen LogP contribution in [-0.4, -0.2) is 31.0 Å². The normalized spacial score (nSPS) is 11.4. The van der Waals surface area contributed by atoms with Crippen LogP contribution in [0.3, 0.4) is 0 Å². The van der Waals surface area contributed by atoms with E-state index in [9.17, 15) is 18.0 Å². The van der Waals surface area contributed by atoms with E-state index in [0.717, 1.165) is 12.1 Å². The quantitative estimate of drug-likeness (QED) is 0.566. The zero-order chi connectivity index (χ0) is 15.2. The standard InChI is InChI=1S/C12H12Br2F3NO2/c13-3-5-20-6-4-18-11(19)9-2-1-8(14)7-10(9)12(15,16)17/h1-2,7H,3-6H2,(H,18,19). The number of ether oxygens (including phenoxy) is 1. The van der Waals surface area contributed by atoms with Crippen molar-refractivity contribution in [3.63, 3.8) is 0 Å². The average molecular weight is 419 g/mol. The summed E-state index contributed by atoms with van der Waals surface area (Å²) in [6.07, 6.45) is -4.58. The van der Waals surface area contributed by atoms with Gasteiger partial charge in [-0.15, -0.1) is 0 Å². The highest BCUT2D eigenvalue weighted by atomic mass is 79.9. The maximum absolute atomic E-state index is 12.8. The molecule has 1 N–H and O–H groups in total. The first-order valence-electron chi connectivity index (χ1n) is 5.65. The number of hydrogen-bond acceptors (Lipinski definition) is 2. The average Bonchev–Trinajstić information content (AvgIpc) is 2.37. The molecule has 0 aromatic heterocycles. The van der Waals surface area contributed by atoms with E-state index >= 15 is 0 Å². The van der Waals surface area contributed by atoms with E-state index in [0.29, 0.717) is 11.9 Å². The van der Waals surface area contributed by atoms with Crippen LogP contribution >= 0.6 is 31.9 Å². The van der Waals surface area contributed by atoms with Crippen LogP contribution in [0.5, 0.6) is 0 Å². The molecule has 8 heteroatoms. The molecule has 20 heavy (non-hydrogen) atoms. The van der Waals surface area contributed by atoms with Crippen LogP contribution in [0.2, 0.25) is 0 Å². The Balaban J connectivity index is 2.73. The van der Waals surface area contributed by atoms with Crippen molar-refractivity contribution in [2.45, 2.75) is 6.18 Å². The molecule has 3 nitrogen and oxygen atoms in total. The Bertz CT molecular complexity index is 467. The van der Waals surface area contributed by atoms with Gasteiger partial charge >= 0.3 is 6.18 Å². The number of hydrogen-bond donors (Lipinski definition) is 1. The van der Waals surface area contributed by atoms with Crippen molar-refractivity contribution in [3.05, 3.63) is 33.8 Å². The van der Waals surface area contributed by atoms with Gasteiger partial charge in [0.25, 0.3) is 5.91 Å². The molecule has 1 amide bonds. The molecule has 112 valence electrons. The highest BCUT2D eigenvalue weighted by Gasteiger charge is 2.35. The number of carbonyl (C=O) groups is 1. The largest absolute Gasteiger partial charge is 0.417 e. The van der Waals surface area contributed by atoms with Crippen molar-refractivity contribution in [1.82, 2.24) is 5.32 Å². The predicted octanol–water partition coefficient (Wildman–Crippen LogP) is 3.61. The fourth-order valence-corrected chi connectivity index (χ4v) is 2.03. The van der Waals surface area contributed by atoms with Gasteiger partial charge in [-0.1, -0.05) is 31.9 Å². The van der Waals surface area contributed by atoms with Gasteiger partial charge in [0, 0.05) is 16.3 Å². The Labute approximate surface area is 131 Å². The molecule has 0 unspecified atom stereocenters. The first kappa shape index (κ1) is 17.5. The van der Waals surface area contributed by atoms with Crippen molar-refractivity contribution in [2.75, 3.05) is 25.1 Å². The van der Waals surface area contributed by atoms with Crippen LogP contribution in [0, 0.1) is 0 Å². The third-order valence-corrected chi connectivity index (χ3v) is 3.10. The highest BCUT2D eigenvalue weighted by molar-refractivity contribution is 9.10. The van der Waals surface area contributed by atoms with Crippen LogP contribution in [0.25, 0.3) is 0 Å². The van der Waals surface area contributed by atoms with Gasteiger partial charge in [0.1, 0.15) is 0 Å². The number of rotatable bonds is 6. The molecule has 1 aromatic carbocycles. The second kappa shape index (κ2) is 7.99. The van der Waals surface area contributed by atoms with Crippen molar-refractivity contribution >= 4 is 37.8 Å². The predicted molar refractivity (Wildman–Crippen MR) is 76.1 cm³/mol. The Hall–Kier alpha value is -0.600. The number of halogens is 5. The summed E-state index contributed by atoms with van der Waals surface area (Å²) in [5.74, 6) is -0.771. The van der Waals surface area contributed by atoms with Crippen molar-refractivity contribution in [2.24, 2.45) is 0 Å². The molecule has 0 fully saturated rings. The highest BCUT2D eigenvalue weighted by Crippen LogP contribution is 2.33. The van der Waals surface area contributed by atoms with E-state index in [-0.39, 0.29) is 17.6 Å². The summed E-state index contributed by atoms with van der Waals surface area (Å²) in [6.45, 7) is 0.871. The zero-order valence-electron chi connectivity index (χ0n) is 10.3. The van der Waals surface area contributed by atoms with Crippen LogP contribution in [0.1, 0.15) is 15.9 Å². The molecule has 0 aliphatic rings. The van der Waals surface area contributed by atoms with Gasteiger partial charge in [-0.25, -0.2) is 0 Å². The van der Waals surface area contributed by atoms with Crippen molar-refractivity contribution in [3.8, 4) is 0 Å². The summed E-state index contributed by atoms with van der Waals surface area (Å²) < 4.78 is 43.9. The lowest BCUT2D eigenvalue weighted by molar-refractivity contribution is -0.138. The summed E-state index contributed by atoms with van der Waals surface area (Å²) in [4.78, 5) is 11.8. The number of benzene rings is 1. The van der Waals surface area contributed by atoms with Crippen molar-refractivity contribution < 1.29 is 22.7 Å². The lowest BCUT2D eigenvalue weighted by Crippen LogP contribution is -2.29. The molecule has 0 saturated carbocycles. The summed E-state index contributed by atoms with van der Waals surface area (Å²) in [6, 6.07) is 3.42. The van der Waals surface area contributed by atoms with E-state index in [1.54, 1.807) is 0 Å². The summed E-state index contributed by atoms with van der Waals surface area (Å²) in [5, 5.41) is 3.05. The van der Waals surface area contributed by atoms with E-state index in [1.807, 2.05) is 0 Å². The fraction of sp³-hybridized carbons (Fsp3) is 0.417. The van der Waals surface area contributed by atoms with Gasteiger partial charge in [-0.2, -0.15) is 13.2 Å². The molecule has 0 saturated heterocycles. The van der Waals surface area contributed by atoms with Gasteiger partial charge in [-0.05, 0) is 18.2 Å². The van der Waals surface area contributed by atoms with Gasteiger partial charge in [-0.3, -0.25) is 4.79 Å².